The Labute approximate surface area is 103 Å². The molecule has 0 radical (unpaired) electrons. The highest BCUT2D eigenvalue weighted by molar-refractivity contribution is 5.75. The number of rotatable bonds is 3. The van der Waals surface area contributed by atoms with Crippen molar-refractivity contribution in [3.63, 3.8) is 0 Å². The third kappa shape index (κ3) is 1.92. The maximum absolute atomic E-state index is 12.3. The second-order valence-electron chi connectivity index (χ2n) is 6.04. The van der Waals surface area contributed by atoms with E-state index < -0.39 is 0 Å². The zero-order valence-corrected chi connectivity index (χ0v) is 10.7. The molecule has 0 amide bonds. The molecule has 0 aromatic rings. The normalized spacial score (nSPS) is 33.8. The van der Waals surface area contributed by atoms with E-state index in [9.17, 15) is 4.79 Å². The zero-order chi connectivity index (χ0) is 11.9. The second kappa shape index (κ2) is 4.15. The van der Waals surface area contributed by atoms with Crippen molar-refractivity contribution >= 4 is 5.97 Å². The first-order valence-electron chi connectivity index (χ1n) is 7.13. The average molecular weight is 234 g/mol. The quantitative estimate of drug-likeness (QED) is 0.551. The van der Waals surface area contributed by atoms with E-state index in [-0.39, 0.29) is 17.5 Å². The number of carbonyl (C=O) groups is 1. The van der Waals surface area contributed by atoms with Gasteiger partial charge in [0.1, 0.15) is 5.60 Å². The van der Waals surface area contributed by atoms with E-state index in [1.165, 1.54) is 18.4 Å². The van der Waals surface area contributed by atoms with E-state index in [2.05, 4.69) is 13.0 Å². The monoisotopic (exact) mass is 234 g/mol. The summed E-state index contributed by atoms with van der Waals surface area (Å²) in [6, 6.07) is 0. The summed E-state index contributed by atoms with van der Waals surface area (Å²) in [6.07, 6.45) is 11.1. The number of allylic oxidation sites excluding steroid dienone is 2. The molecule has 3 aliphatic rings. The average Bonchev–Trinajstić information content (AvgIpc) is 3.04. The predicted molar refractivity (Wildman–Crippen MR) is 66.5 cm³/mol. The summed E-state index contributed by atoms with van der Waals surface area (Å²) >= 11 is 0. The van der Waals surface area contributed by atoms with E-state index in [0.717, 1.165) is 38.5 Å². The molecule has 2 bridgehead atoms. The summed E-state index contributed by atoms with van der Waals surface area (Å²) in [4.78, 5) is 12.3. The molecule has 0 heterocycles. The first kappa shape index (κ1) is 11.3. The van der Waals surface area contributed by atoms with E-state index >= 15 is 0 Å². The molecule has 0 saturated heterocycles. The van der Waals surface area contributed by atoms with E-state index in [1.807, 2.05) is 0 Å². The molecule has 0 aromatic heterocycles. The molecule has 2 atom stereocenters. The molecule has 0 aliphatic heterocycles. The lowest BCUT2D eigenvalue weighted by Crippen LogP contribution is -2.35. The van der Waals surface area contributed by atoms with E-state index in [4.69, 9.17) is 4.74 Å². The lowest BCUT2D eigenvalue weighted by Gasteiger charge is -2.30. The number of esters is 1. The minimum absolute atomic E-state index is 0.0989. The van der Waals surface area contributed by atoms with Crippen LogP contribution in [0.25, 0.3) is 0 Å². The van der Waals surface area contributed by atoms with Crippen molar-refractivity contribution in [2.75, 3.05) is 0 Å². The number of fused-ring (bicyclic) bond motifs is 2. The van der Waals surface area contributed by atoms with Crippen molar-refractivity contribution in [2.24, 2.45) is 11.8 Å². The van der Waals surface area contributed by atoms with Crippen LogP contribution in [0, 0.1) is 11.8 Å². The van der Waals surface area contributed by atoms with Gasteiger partial charge in [-0.15, -0.1) is 0 Å². The van der Waals surface area contributed by atoms with Crippen LogP contribution in [0.3, 0.4) is 0 Å². The fourth-order valence-corrected chi connectivity index (χ4v) is 3.86. The molecule has 0 spiro atoms. The summed E-state index contributed by atoms with van der Waals surface area (Å²) in [7, 11) is 0. The van der Waals surface area contributed by atoms with Crippen LogP contribution in [0.1, 0.15) is 58.3 Å². The van der Waals surface area contributed by atoms with Gasteiger partial charge < -0.3 is 4.74 Å². The summed E-state index contributed by atoms with van der Waals surface area (Å²) in [5, 5.41) is 0. The van der Waals surface area contributed by atoms with Gasteiger partial charge in [-0.1, -0.05) is 18.6 Å². The maximum atomic E-state index is 12.3. The first-order valence-corrected chi connectivity index (χ1v) is 7.13. The summed E-state index contributed by atoms with van der Waals surface area (Å²) < 4.78 is 5.92. The number of carbonyl (C=O) groups excluding carboxylic acids is 1. The van der Waals surface area contributed by atoms with Crippen molar-refractivity contribution in [1.29, 1.82) is 0 Å². The van der Waals surface area contributed by atoms with Crippen molar-refractivity contribution in [2.45, 2.75) is 63.9 Å². The zero-order valence-electron chi connectivity index (χ0n) is 10.7. The number of ether oxygens (including phenoxy) is 1. The summed E-state index contributed by atoms with van der Waals surface area (Å²) in [5.41, 5.74) is 1.39. The Kier molecular flexibility index (Phi) is 2.76. The first-order chi connectivity index (χ1) is 8.22. The minimum Gasteiger partial charge on any atom is -0.459 e. The number of hydrogen-bond donors (Lipinski definition) is 0. The van der Waals surface area contributed by atoms with Crippen LogP contribution < -0.4 is 0 Å². The van der Waals surface area contributed by atoms with Gasteiger partial charge in [-0.3, -0.25) is 4.79 Å². The largest absolute Gasteiger partial charge is 0.459 e. The molecule has 0 N–H and O–H groups in total. The van der Waals surface area contributed by atoms with Gasteiger partial charge in [0.25, 0.3) is 0 Å². The fraction of sp³-hybridized carbons (Fsp3) is 0.800. The third-order valence-corrected chi connectivity index (χ3v) is 5.06. The van der Waals surface area contributed by atoms with Crippen LogP contribution in [-0.2, 0) is 9.53 Å². The number of hydrogen-bond acceptors (Lipinski definition) is 2. The SMILES string of the molecule is CCC1(OC(=O)C2CC3=CCC2C3)CCCC1. The maximum Gasteiger partial charge on any atom is 0.310 e. The summed E-state index contributed by atoms with van der Waals surface area (Å²) in [6.45, 7) is 2.15. The van der Waals surface area contributed by atoms with E-state index in [0.29, 0.717) is 5.92 Å². The molecule has 94 valence electrons. The van der Waals surface area contributed by atoms with Crippen LogP contribution in [0.15, 0.2) is 11.6 Å². The standard InChI is InChI=1S/C15H22O2/c1-2-15(7-3-4-8-15)17-14(16)13-10-11-5-6-12(13)9-11/h5,12-13H,2-4,6-10H2,1H3. The molecule has 0 aromatic carbocycles. The Morgan fingerprint density at radius 3 is 2.71 bits per heavy atom. The molecule has 3 rings (SSSR count). The highest BCUT2D eigenvalue weighted by Gasteiger charge is 2.43. The highest BCUT2D eigenvalue weighted by Crippen LogP contribution is 2.46. The molecule has 2 saturated carbocycles. The van der Waals surface area contributed by atoms with Gasteiger partial charge >= 0.3 is 5.97 Å². The third-order valence-electron chi connectivity index (χ3n) is 5.06. The van der Waals surface area contributed by atoms with Gasteiger partial charge in [-0.05, 0) is 57.3 Å². The molecule has 2 heteroatoms. The van der Waals surface area contributed by atoms with Gasteiger partial charge in [0.2, 0.25) is 0 Å². The highest BCUT2D eigenvalue weighted by atomic mass is 16.6. The smallest absolute Gasteiger partial charge is 0.310 e. The van der Waals surface area contributed by atoms with Gasteiger partial charge in [0.05, 0.1) is 5.92 Å². The predicted octanol–water partition coefficient (Wildman–Crippen LogP) is 3.61. The molecule has 2 unspecified atom stereocenters. The molecule has 2 nitrogen and oxygen atoms in total. The lowest BCUT2D eigenvalue weighted by molar-refractivity contribution is -0.166. The molecule has 2 fully saturated rings. The molecular formula is C15H22O2. The van der Waals surface area contributed by atoms with Crippen LogP contribution in [0.4, 0.5) is 0 Å². The lowest BCUT2D eigenvalue weighted by atomic mass is 9.91. The van der Waals surface area contributed by atoms with Crippen LogP contribution in [0.5, 0.6) is 0 Å². The van der Waals surface area contributed by atoms with E-state index in [1.54, 1.807) is 0 Å². The van der Waals surface area contributed by atoms with Crippen LogP contribution in [-0.4, -0.2) is 11.6 Å². The molecule has 17 heavy (non-hydrogen) atoms. The van der Waals surface area contributed by atoms with Crippen molar-refractivity contribution in [3.05, 3.63) is 11.6 Å². The van der Waals surface area contributed by atoms with Gasteiger partial charge in [-0.25, -0.2) is 0 Å². The molecule has 3 aliphatic carbocycles. The Morgan fingerprint density at radius 2 is 2.18 bits per heavy atom. The Bertz CT molecular complexity index is 350. The minimum atomic E-state index is -0.104. The Balaban J connectivity index is 1.65. The van der Waals surface area contributed by atoms with Crippen molar-refractivity contribution < 1.29 is 9.53 Å². The van der Waals surface area contributed by atoms with Gasteiger partial charge in [0, 0.05) is 0 Å². The Hall–Kier alpha value is -0.790. The van der Waals surface area contributed by atoms with Crippen LogP contribution in [0.2, 0.25) is 0 Å². The summed E-state index contributed by atoms with van der Waals surface area (Å²) in [5.74, 6) is 0.841. The van der Waals surface area contributed by atoms with Crippen molar-refractivity contribution in [3.8, 4) is 0 Å². The molecular weight excluding hydrogens is 212 g/mol. The fourth-order valence-electron chi connectivity index (χ4n) is 3.86. The van der Waals surface area contributed by atoms with Gasteiger partial charge in [0.15, 0.2) is 0 Å². The Morgan fingerprint density at radius 1 is 1.41 bits per heavy atom. The topological polar surface area (TPSA) is 26.3 Å². The van der Waals surface area contributed by atoms with Crippen LogP contribution >= 0.6 is 0 Å². The second-order valence-corrected chi connectivity index (χ2v) is 6.04. The van der Waals surface area contributed by atoms with Crippen molar-refractivity contribution in [1.82, 2.24) is 0 Å². The van der Waals surface area contributed by atoms with Gasteiger partial charge in [-0.2, -0.15) is 0 Å².